The Morgan fingerprint density at radius 1 is 0.867 bits per heavy atom. The molecule has 5 atom stereocenters. The lowest BCUT2D eigenvalue weighted by atomic mass is 9.96. The predicted molar refractivity (Wildman–Crippen MR) is 160 cm³/mol. The van der Waals surface area contributed by atoms with Crippen molar-refractivity contribution in [2.24, 2.45) is 0 Å². The van der Waals surface area contributed by atoms with Gasteiger partial charge in [-0.25, -0.2) is 9.78 Å². The lowest BCUT2D eigenvalue weighted by molar-refractivity contribution is -0.267. The molecule has 0 amide bonds. The van der Waals surface area contributed by atoms with E-state index >= 15 is 0 Å². The first-order valence-electron chi connectivity index (χ1n) is 13.9. The molecule has 5 rings (SSSR count). The van der Waals surface area contributed by atoms with E-state index in [1.807, 2.05) is 12.3 Å². The van der Waals surface area contributed by atoms with E-state index in [9.17, 15) is 24.0 Å². The quantitative estimate of drug-likeness (QED) is 0.119. The van der Waals surface area contributed by atoms with E-state index in [0.717, 1.165) is 25.7 Å². The van der Waals surface area contributed by atoms with Gasteiger partial charge >= 0.3 is 29.5 Å². The maximum atomic E-state index is 13.4. The molecule has 14 heteroatoms. The number of esters is 4. The molecule has 1 aliphatic rings. The van der Waals surface area contributed by atoms with Crippen molar-refractivity contribution >= 4 is 57.6 Å². The molecule has 0 N–H and O–H groups in total. The van der Waals surface area contributed by atoms with E-state index in [1.165, 1.54) is 18.7 Å². The summed E-state index contributed by atoms with van der Waals surface area (Å²) in [4.78, 5) is 68.0. The fourth-order valence-electron chi connectivity index (χ4n) is 5.33. The Morgan fingerprint density at radius 2 is 1.53 bits per heavy atom. The zero-order valence-corrected chi connectivity index (χ0v) is 25.8. The minimum absolute atomic E-state index is 0.0739. The number of thioether (sulfide) groups is 1. The lowest BCUT2D eigenvalue weighted by Crippen LogP contribution is -2.60. The van der Waals surface area contributed by atoms with Crippen LogP contribution in [0.2, 0.25) is 0 Å². The van der Waals surface area contributed by atoms with Crippen LogP contribution in [-0.4, -0.2) is 70.7 Å². The molecule has 0 radical (unpaired) electrons. The van der Waals surface area contributed by atoms with Gasteiger partial charge in [0.25, 0.3) is 0 Å². The summed E-state index contributed by atoms with van der Waals surface area (Å²) in [5.74, 6) is -2.81. The first-order valence-corrected chi connectivity index (χ1v) is 15.1. The minimum atomic E-state index is -1.43. The van der Waals surface area contributed by atoms with Crippen molar-refractivity contribution in [3.05, 3.63) is 59.0 Å². The Morgan fingerprint density at radius 3 is 2.20 bits per heavy atom. The van der Waals surface area contributed by atoms with E-state index in [2.05, 4.69) is 0 Å². The van der Waals surface area contributed by atoms with Crippen LogP contribution in [0.4, 0.5) is 0 Å². The second-order valence-electron chi connectivity index (χ2n) is 10.2. The number of benzene rings is 2. The average Bonchev–Trinajstić information content (AvgIpc) is 3.36. The van der Waals surface area contributed by atoms with E-state index in [0.29, 0.717) is 22.0 Å². The number of imidazole rings is 1. The van der Waals surface area contributed by atoms with Crippen LogP contribution in [0, 0.1) is 0 Å². The normalized spacial score (nSPS) is 21.3. The number of aromatic nitrogens is 2. The topological polar surface area (TPSA) is 162 Å². The van der Waals surface area contributed by atoms with Gasteiger partial charge in [-0.3, -0.25) is 23.7 Å². The number of carbonyl (C=O) groups excluding carboxylic acids is 4. The fraction of sp³-hybridized carbons (Fsp3) is 0.355. The maximum absolute atomic E-state index is 13.4. The van der Waals surface area contributed by atoms with Gasteiger partial charge in [-0.15, -0.1) is 11.8 Å². The van der Waals surface area contributed by atoms with Gasteiger partial charge in [0.1, 0.15) is 29.4 Å². The summed E-state index contributed by atoms with van der Waals surface area (Å²) in [5, 5.41) is 0.623. The summed E-state index contributed by atoms with van der Waals surface area (Å²) in [7, 11) is 0. The summed E-state index contributed by atoms with van der Waals surface area (Å²) in [6, 6.07) is 14.0. The Bertz CT molecular complexity index is 1850. The molecule has 1 aliphatic heterocycles. The highest BCUT2D eigenvalue weighted by Gasteiger charge is 2.53. The molecule has 236 valence electrons. The first-order chi connectivity index (χ1) is 21.5. The summed E-state index contributed by atoms with van der Waals surface area (Å²) < 4.78 is 35.7. The van der Waals surface area contributed by atoms with E-state index in [4.69, 9.17) is 33.1 Å². The molecule has 0 saturated carbocycles. The molecular formula is C31H30N2O11S. The van der Waals surface area contributed by atoms with Crippen LogP contribution < -0.4 is 5.63 Å². The molecule has 2 aromatic heterocycles. The molecule has 1 fully saturated rings. The molecule has 1 unspecified atom stereocenters. The van der Waals surface area contributed by atoms with Gasteiger partial charge in [-0.2, -0.15) is 0 Å². The number of hydrogen-bond acceptors (Lipinski definition) is 13. The third-order valence-corrected chi connectivity index (χ3v) is 7.78. The number of rotatable bonds is 8. The number of hydrogen-bond donors (Lipinski definition) is 0. The smallest absolute Gasteiger partial charge is 0.347 e. The second-order valence-corrected chi connectivity index (χ2v) is 11.1. The molecular weight excluding hydrogens is 608 g/mol. The molecule has 3 heterocycles. The highest BCUT2D eigenvalue weighted by atomic mass is 32.2. The van der Waals surface area contributed by atoms with Gasteiger partial charge in [-0.1, -0.05) is 24.3 Å². The van der Waals surface area contributed by atoms with Crippen LogP contribution in [0.3, 0.4) is 0 Å². The van der Waals surface area contributed by atoms with Gasteiger partial charge in [0, 0.05) is 38.0 Å². The minimum Gasteiger partial charge on any atom is -0.463 e. The number of carbonyl (C=O) groups is 4. The van der Waals surface area contributed by atoms with E-state index in [1.54, 1.807) is 47.0 Å². The average molecular weight is 639 g/mol. The largest absolute Gasteiger partial charge is 0.463 e. The molecule has 0 spiro atoms. The zero-order valence-electron chi connectivity index (χ0n) is 25.0. The molecule has 2 aromatic carbocycles. The van der Waals surface area contributed by atoms with Crippen LogP contribution in [0.1, 0.15) is 33.9 Å². The SMILES string of the molecule is CSc1cccc2c1nc(-c1cc3ccccc3oc1=O)n2C1O[C@H](COC(C)=O)[C@@H](OC(C)=O)[C@H](OC(C)=O)[C@H]1OC(C)=O. The van der Waals surface area contributed by atoms with Crippen LogP contribution in [0.5, 0.6) is 0 Å². The number of ether oxygens (including phenoxy) is 5. The van der Waals surface area contributed by atoms with Crippen molar-refractivity contribution in [2.45, 2.75) is 63.2 Å². The third kappa shape index (κ3) is 6.56. The van der Waals surface area contributed by atoms with Crippen LogP contribution in [0.25, 0.3) is 33.4 Å². The summed E-state index contributed by atoms with van der Waals surface area (Å²) in [5.41, 5.74) is 0.725. The number of nitrogens with zero attached hydrogens (tertiary/aromatic N) is 2. The van der Waals surface area contributed by atoms with Gasteiger partial charge < -0.3 is 28.1 Å². The number of fused-ring (bicyclic) bond motifs is 2. The highest BCUT2D eigenvalue weighted by Crippen LogP contribution is 2.40. The number of para-hydroxylation sites is 2. The molecule has 45 heavy (non-hydrogen) atoms. The Kier molecular flexibility index (Phi) is 9.25. The van der Waals surface area contributed by atoms with Crippen molar-refractivity contribution in [1.82, 2.24) is 9.55 Å². The summed E-state index contributed by atoms with van der Waals surface area (Å²) >= 11 is 1.42. The van der Waals surface area contributed by atoms with Crippen molar-refractivity contribution < 1.29 is 47.3 Å². The maximum Gasteiger partial charge on any atom is 0.347 e. The van der Waals surface area contributed by atoms with Crippen LogP contribution >= 0.6 is 11.8 Å². The molecule has 0 aliphatic carbocycles. The lowest BCUT2D eigenvalue weighted by Gasteiger charge is -2.45. The standard InChI is InChI=1S/C31H30N2O11S/c1-15(34)39-14-23-26(40-16(2)35)27(41-17(3)36)28(42-18(4)37)30(43-23)33-21-10-8-12-24(45-5)25(21)32-29(33)20-13-19-9-6-7-11-22(19)44-31(20)38/h6-13,23,26-28,30H,14H2,1-5H3/t23-,26-,27+,28-,30?/m1/s1. The Labute approximate surface area is 260 Å². The first kappa shape index (κ1) is 31.7. The van der Waals surface area contributed by atoms with Gasteiger partial charge in [-0.05, 0) is 30.5 Å². The molecule has 1 saturated heterocycles. The van der Waals surface area contributed by atoms with Crippen molar-refractivity contribution in [2.75, 3.05) is 12.9 Å². The van der Waals surface area contributed by atoms with Crippen molar-refractivity contribution in [1.29, 1.82) is 0 Å². The van der Waals surface area contributed by atoms with Crippen molar-refractivity contribution in [3.8, 4) is 11.4 Å². The van der Waals surface area contributed by atoms with Gasteiger partial charge in [0.05, 0.1) is 5.52 Å². The highest BCUT2D eigenvalue weighted by molar-refractivity contribution is 7.98. The van der Waals surface area contributed by atoms with Gasteiger partial charge in [0.15, 0.2) is 30.4 Å². The Hall–Kier alpha value is -4.69. The Balaban J connectivity index is 1.80. The molecule has 13 nitrogen and oxygen atoms in total. The predicted octanol–water partition coefficient (Wildman–Crippen LogP) is 3.79. The van der Waals surface area contributed by atoms with Gasteiger partial charge in [0.2, 0.25) is 0 Å². The molecule has 4 aromatic rings. The van der Waals surface area contributed by atoms with Crippen molar-refractivity contribution in [3.63, 3.8) is 0 Å². The summed E-state index contributed by atoms with van der Waals surface area (Å²) in [6.45, 7) is 4.22. The molecule has 0 bridgehead atoms. The van der Waals surface area contributed by atoms with Crippen LogP contribution in [-0.2, 0) is 42.9 Å². The van der Waals surface area contributed by atoms with E-state index < -0.39 is 66.8 Å². The van der Waals surface area contributed by atoms with E-state index in [-0.39, 0.29) is 11.4 Å². The third-order valence-electron chi connectivity index (χ3n) is 7.01. The summed E-state index contributed by atoms with van der Waals surface area (Å²) in [6.07, 6.45) is -4.87. The van der Waals surface area contributed by atoms with Crippen LogP contribution in [0.15, 0.2) is 62.6 Å². The second kappa shape index (κ2) is 13.1. The fourth-order valence-corrected chi connectivity index (χ4v) is 5.89. The zero-order chi connectivity index (χ0) is 32.4. The monoisotopic (exact) mass is 638 g/mol.